The van der Waals surface area contributed by atoms with E-state index < -0.39 is 24.3 Å². The molecule has 0 amide bonds. The third-order valence-corrected chi connectivity index (χ3v) is 2.94. The molecule has 0 fully saturated rings. The molecule has 0 saturated heterocycles. The molecule has 0 bridgehead atoms. The van der Waals surface area contributed by atoms with Crippen molar-refractivity contribution in [3.8, 4) is 0 Å². The summed E-state index contributed by atoms with van der Waals surface area (Å²) in [5, 5.41) is 0. The molecule has 0 radical (unpaired) electrons. The number of alkyl halides is 6. The van der Waals surface area contributed by atoms with Crippen LogP contribution in [0.4, 0.5) is 26.3 Å². The molecule has 0 heterocycles. The molecular weight excluding hydrogens is 274 g/mol. The van der Waals surface area contributed by atoms with Crippen LogP contribution in [0.5, 0.6) is 0 Å². The van der Waals surface area contributed by atoms with E-state index in [1.165, 1.54) is 0 Å². The highest BCUT2D eigenvalue weighted by Gasteiger charge is 2.59. The van der Waals surface area contributed by atoms with Gasteiger partial charge in [0.15, 0.2) is 5.92 Å². The average molecular weight is 294 g/mol. The second-order valence-corrected chi connectivity index (χ2v) is 4.54. The summed E-state index contributed by atoms with van der Waals surface area (Å²) in [5.41, 5.74) is 1.67. The Hall–Kier alpha value is -0.500. The largest absolute Gasteiger partial charge is 0.402 e. The minimum Gasteiger partial charge on any atom is -0.271 e. The summed E-state index contributed by atoms with van der Waals surface area (Å²) in [7, 11) is 0. The van der Waals surface area contributed by atoms with Crippen LogP contribution in [0.1, 0.15) is 45.4 Å². The Labute approximate surface area is 108 Å². The zero-order valence-electron chi connectivity index (χ0n) is 10.7. The van der Waals surface area contributed by atoms with Gasteiger partial charge in [-0.15, -0.1) is 0 Å². The van der Waals surface area contributed by atoms with Gasteiger partial charge in [-0.25, -0.2) is 0 Å². The van der Waals surface area contributed by atoms with E-state index in [0.29, 0.717) is 6.42 Å². The SMILES string of the molecule is CCCCCCCC(NN)C(C(F)(F)F)C(F)(F)F. The van der Waals surface area contributed by atoms with Gasteiger partial charge in [0.2, 0.25) is 0 Å². The van der Waals surface area contributed by atoms with Crippen molar-refractivity contribution in [3.05, 3.63) is 0 Å². The molecule has 0 aliphatic carbocycles. The zero-order valence-corrected chi connectivity index (χ0v) is 10.7. The highest BCUT2D eigenvalue weighted by molar-refractivity contribution is 4.86. The first-order chi connectivity index (χ1) is 8.64. The standard InChI is InChI=1S/C11H20F6N2/c1-2-3-4-5-6-7-8(19-18)9(10(12,13)14)11(15,16)17/h8-9,19H,2-7,18H2,1H3. The van der Waals surface area contributed by atoms with Gasteiger partial charge in [-0.3, -0.25) is 11.3 Å². The van der Waals surface area contributed by atoms with Gasteiger partial charge in [0.05, 0.1) is 0 Å². The van der Waals surface area contributed by atoms with Crippen LogP contribution in [0.2, 0.25) is 0 Å². The highest BCUT2D eigenvalue weighted by atomic mass is 19.4. The van der Waals surface area contributed by atoms with E-state index in [0.717, 1.165) is 19.3 Å². The highest BCUT2D eigenvalue weighted by Crippen LogP contribution is 2.42. The monoisotopic (exact) mass is 294 g/mol. The van der Waals surface area contributed by atoms with Crippen molar-refractivity contribution in [2.24, 2.45) is 11.8 Å². The Kier molecular flexibility index (Phi) is 7.73. The van der Waals surface area contributed by atoms with Crippen LogP contribution in [0.15, 0.2) is 0 Å². The van der Waals surface area contributed by atoms with Crippen LogP contribution in [-0.4, -0.2) is 18.4 Å². The van der Waals surface area contributed by atoms with E-state index in [-0.39, 0.29) is 12.8 Å². The maximum absolute atomic E-state index is 12.5. The van der Waals surface area contributed by atoms with Crippen molar-refractivity contribution in [3.63, 3.8) is 0 Å². The third-order valence-electron chi connectivity index (χ3n) is 2.94. The summed E-state index contributed by atoms with van der Waals surface area (Å²) in [6.45, 7) is 1.97. The zero-order chi connectivity index (χ0) is 15.1. The van der Waals surface area contributed by atoms with Gasteiger partial charge >= 0.3 is 12.4 Å². The van der Waals surface area contributed by atoms with E-state index in [9.17, 15) is 26.3 Å². The van der Waals surface area contributed by atoms with Crippen LogP contribution in [0, 0.1) is 5.92 Å². The lowest BCUT2D eigenvalue weighted by molar-refractivity contribution is -0.292. The fourth-order valence-electron chi connectivity index (χ4n) is 1.96. The number of nitrogens with two attached hydrogens (primary N) is 1. The molecular formula is C11H20F6N2. The lowest BCUT2D eigenvalue weighted by Gasteiger charge is -2.30. The molecule has 3 N–H and O–H groups in total. The number of unbranched alkanes of at least 4 members (excludes halogenated alkanes) is 4. The predicted molar refractivity (Wildman–Crippen MR) is 60.1 cm³/mol. The molecule has 8 heteroatoms. The number of hydrogen-bond donors (Lipinski definition) is 2. The van der Waals surface area contributed by atoms with E-state index in [1.807, 2.05) is 6.92 Å². The number of hydrogen-bond acceptors (Lipinski definition) is 2. The fourth-order valence-corrected chi connectivity index (χ4v) is 1.96. The molecule has 0 rings (SSSR count). The minimum atomic E-state index is -5.35. The molecule has 0 aromatic rings. The lowest BCUT2D eigenvalue weighted by Crippen LogP contribution is -2.53. The van der Waals surface area contributed by atoms with Gasteiger partial charge in [-0.2, -0.15) is 26.3 Å². The van der Waals surface area contributed by atoms with Gasteiger partial charge in [0, 0.05) is 6.04 Å². The number of nitrogens with one attached hydrogen (secondary N) is 1. The van der Waals surface area contributed by atoms with Crippen molar-refractivity contribution in [1.82, 2.24) is 5.43 Å². The molecule has 0 aromatic carbocycles. The van der Waals surface area contributed by atoms with Crippen molar-refractivity contribution >= 4 is 0 Å². The predicted octanol–water partition coefficient (Wildman–Crippen LogP) is 3.92. The summed E-state index contributed by atoms with van der Waals surface area (Å²) in [5.74, 6) is 1.44. The second-order valence-electron chi connectivity index (χ2n) is 4.54. The lowest BCUT2D eigenvalue weighted by atomic mass is 9.93. The first-order valence-electron chi connectivity index (χ1n) is 6.24. The Balaban J connectivity index is 4.51. The van der Waals surface area contributed by atoms with Gasteiger partial charge in [-0.1, -0.05) is 39.0 Å². The molecule has 0 spiro atoms. The molecule has 1 atom stereocenters. The fraction of sp³-hybridized carbons (Fsp3) is 1.00. The summed E-state index contributed by atoms with van der Waals surface area (Å²) in [4.78, 5) is 0. The molecule has 19 heavy (non-hydrogen) atoms. The van der Waals surface area contributed by atoms with Crippen LogP contribution >= 0.6 is 0 Å². The molecule has 0 aliphatic heterocycles. The van der Waals surface area contributed by atoms with Crippen molar-refractivity contribution < 1.29 is 26.3 Å². The van der Waals surface area contributed by atoms with Crippen molar-refractivity contribution in [1.29, 1.82) is 0 Å². The maximum atomic E-state index is 12.5. The van der Waals surface area contributed by atoms with E-state index in [4.69, 9.17) is 5.84 Å². The second kappa shape index (κ2) is 7.94. The molecule has 116 valence electrons. The summed E-state index contributed by atoms with van der Waals surface area (Å²) < 4.78 is 74.8. The van der Waals surface area contributed by atoms with E-state index >= 15 is 0 Å². The molecule has 0 aromatic heterocycles. The summed E-state index contributed by atoms with van der Waals surface area (Å²) in [6.07, 6.45) is -7.38. The van der Waals surface area contributed by atoms with Gasteiger partial charge in [0.1, 0.15) is 0 Å². The number of hydrazine groups is 1. The number of halogens is 6. The average Bonchev–Trinajstić information content (AvgIpc) is 2.23. The van der Waals surface area contributed by atoms with Gasteiger partial charge in [-0.05, 0) is 6.42 Å². The van der Waals surface area contributed by atoms with Crippen LogP contribution in [-0.2, 0) is 0 Å². The summed E-state index contributed by atoms with van der Waals surface area (Å²) >= 11 is 0. The first kappa shape index (κ1) is 18.5. The van der Waals surface area contributed by atoms with E-state index in [1.54, 1.807) is 5.43 Å². The van der Waals surface area contributed by atoms with E-state index in [2.05, 4.69) is 0 Å². The van der Waals surface area contributed by atoms with Crippen LogP contribution in [0.25, 0.3) is 0 Å². The van der Waals surface area contributed by atoms with Crippen LogP contribution in [0.3, 0.4) is 0 Å². The van der Waals surface area contributed by atoms with Crippen LogP contribution < -0.4 is 11.3 Å². The van der Waals surface area contributed by atoms with Crippen molar-refractivity contribution in [2.75, 3.05) is 0 Å². The molecule has 0 aliphatic rings. The van der Waals surface area contributed by atoms with Gasteiger partial charge in [0.25, 0.3) is 0 Å². The number of rotatable bonds is 8. The van der Waals surface area contributed by atoms with Gasteiger partial charge < -0.3 is 0 Å². The Morgan fingerprint density at radius 2 is 1.37 bits per heavy atom. The molecule has 2 nitrogen and oxygen atoms in total. The Morgan fingerprint density at radius 3 is 1.74 bits per heavy atom. The Bertz CT molecular complexity index is 224. The maximum Gasteiger partial charge on any atom is 0.402 e. The molecule has 1 unspecified atom stereocenters. The normalized spacial score (nSPS) is 15.0. The quantitative estimate of drug-likeness (QED) is 0.308. The Morgan fingerprint density at radius 1 is 0.895 bits per heavy atom. The first-order valence-corrected chi connectivity index (χ1v) is 6.24. The third kappa shape index (κ3) is 7.00. The van der Waals surface area contributed by atoms with Crippen molar-refractivity contribution in [2.45, 2.75) is 63.8 Å². The summed E-state index contributed by atoms with van der Waals surface area (Å²) in [6, 6.07) is -1.83. The smallest absolute Gasteiger partial charge is 0.271 e. The minimum absolute atomic E-state index is 0.246. The molecule has 0 saturated carbocycles. The topological polar surface area (TPSA) is 38.0 Å².